The first-order valence-corrected chi connectivity index (χ1v) is 8.98. The van der Waals surface area contributed by atoms with Crippen LogP contribution in [-0.4, -0.2) is 9.97 Å². The summed E-state index contributed by atoms with van der Waals surface area (Å²) in [6, 6.07) is 15.5. The lowest BCUT2D eigenvalue weighted by atomic mass is 10.1. The highest BCUT2D eigenvalue weighted by Crippen LogP contribution is 2.37. The predicted octanol–water partition coefficient (Wildman–Crippen LogP) is 5.26. The van der Waals surface area contributed by atoms with Crippen molar-refractivity contribution < 1.29 is 4.74 Å². The van der Waals surface area contributed by atoms with Gasteiger partial charge in [-0.3, -0.25) is 0 Å². The molecular weight excluding hydrogens is 448 g/mol. The largest absolute Gasteiger partial charge is 0.456 e. The van der Waals surface area contributed by atoms with Crippen molar-refractivity contribution in [3.63, 3.8) is 0 Å². The van der Waals surface area contributed by atoms with E-state index in [1.807, 2.05) is 42.5 Å². The summed E-state index contributed by atoms with van der Waals surface area (Å²) in [6.07, 6.45) is 0. The Morgan fingerprint density at radius 1 is 0.840 bits per heavy atom. The Kier molecular flexibility index (Phi) is 3.97. The van der Waals surface area contributed by atoms with Gasteiger partial charge in [-0.2, -0.15) is 4.98 Å². The molecular formula is C18H12Br2N4O. The molecule has 0 saturated carbocycles. The first-order valence-electron chi connectivity index (χ1n) is 7.39. The summed E-state index contributed by atoms with van der Waals surface area (Å²) < 4.78 is 7.96. The molecule has 0 unspecified atom stereocenters. The Balaban J connectivity index is 1.77. The first kappa shape index (κ1) is 16.1. The van der Waals surface area contributed by atoms with Gasteiger partial charge in [-0.15, -0.1) is 0 Å². The second-order valence-corrected chi connectivity index (χ2v) is 7.20. The number of nitrogens with two attached hydrogens (primary N) is 2. The van der Waals surface area contributed by atoms with Gasteiger partial charge in [0.2, 0.25) is 5.95 Å². The minimum Gasteiger partial charge on any atom is -0.456 e. The van der Waals surface area contributed by atoms with Crippen LogP contribution in [0.1, 0.15) is 0 Å². The molecule has 0 atom stereocenters. The highest BCUT2D eigenvalue weighted by molar-refractivity contribution is 9.11. The summed E-state index contributed by atoms with van der Waals surface area (Å²) in [5, 5.41) is 2.88. The van der Waals surface area contributed by atoms with Crippen molar-refractivity contribution in [1.29, 1.82) is 0 Å². The maximum absolute atomic E-state index is 6.04. The van der Waals surface area contributed by atoms with Gasteiger partial charge in [0.1, 0.15) is 17.3 Å². The van der Waals surface area contributed by atoms with Gasteiger partial charge in [-0.1, -0.05) is 28.1 Å². The van der Waals surface area contributed by atoms with Crippen molar-refractivity contribution in [2.24, 2.45) is 0 Å². The molecule has 4 N–H and O–H groups in total. The van der Waals surface area contributed by atoms with Crippen LogP contribution in [0.15, 0.2) is 57.5 Å². The number of halogens is 2. The lowest BCUT2D eigenvalue weighted by molar-refractivity contribution is 0.481. The number of nitrogen functional groups attached to an aromatic ring is 2. The average molecular weight is 460 g/mol. The summed E-state index contributed by atoms with van der Waals surface area (Å²) in [6.45, 7) is 0. The molecule has 5 nitrogen and oxygen atoms in total. The predicted molar refractivity (Wildman–Crippen MR) is 108 cm³/mol. The van der Waals surface area contributed by atoms with Gasteiger partial charge in [0.25, 0.3) is 0 Å². The highest BCUT2D eigenvalue weighted by atomic mass is 79.9. The number of ether oxygens (including phenoxy) is 1. The molecule has 124 valence electrons. The Morgan fingerprint density at radius 3 is 2.52 bits per heavy atom. The van der Waals surface area contributed by atoms with Crippen LogP contribution in [0.2, 0.25) is 0 Å². The standard InChI is InChI=1S/C18H12Br2N4O/c19-10-2-4-12-9(7-10)1-6-15(16(12)20)25-11-3-5-14-13(8-11)17(21)24-18(22)23-14/h1-8H,(H4,21,22,23,24). The van der Waals surface area contributed by atoms with E-state index in [0.29, 0.717) is 28.2 Å². The molecule has 0 radical (unpaired) electrons. The van der Waals surface area contributed by atoms with E-state index in [1.165, 1.54) is 0 Å². The van der Waals surface area contributed by atoms with E-state index in [4.69, 9.17) is 16.2 Å². The lowest BCUT2D eigenvalue weighted by Crippen LogP contribution is -2.00. The van der Waals surface area contributed by atoms with Crippen molar-refractivity contribution in [2.75, 3.05) is 11.5 Å². The van der Waals surface area contributed by atoms with Crippen LogP contribution in [0.3, 0.4) is 0 Å². The molecule has 4 aromatic rings. The van der Waals surface area contributed by atoms with Crippen LogP contribution < -0.4 is 16.2 Å². The van der Waals surface area contributed by atoms with Crippen LogP contribution >= 0.6 is 31.9 Å². The van der Waals surface area contributed by atoms with Crippen LogP contribution in [0.5, 0.6) is 11.5 Å². The van der Waals surface area contributed by atoms with Gasteiger partial charge in [0, 0.05) is 9.86 Å². The fourth-order valence-corrected chi connectivity index (χ4v) is 3.61. The topological polar surface area (TPSA) is 87.0 Å². The summed E-state index contributed by atoms with van der Waals surface area (Å²) in [7, 11) is 0. The average Bonchev–Trinajstić information content (AvgIpc) is 2.58. The molecule has 0 spiro atoms. The Hall–Kier alpha value is -2.38. The SMILES string of the molecule is Nc1nc(N)c2cc(Oc3ccc4cc(Br)ccc4c3Br)ccc2n1. The van der Waals surface area contributed by atoms with Crippen molar-refractivity contribution in [3.8, 4) is 11.5 Å². The van der Waals surface area contributed by atoms with Crippen molar-refractivity contribution >= 4 is 65.3 Å². The second kappa shape index (κ2) is 6.16. The summed E-state index contributed by atoms with van der Waals surface area (Å²) >= 11 is 7.12. The molecule has 0 aliphatic heterocycles. The van der Waals surface area contributed by atoms with Crippen molar-refractivity contribution in [2.45, 2.75) is 0 Å². The molecule has 0 amide bonds. The summed E-state index contributed by atoms with van der Waals surface area (Å²) in [5.41, 5.74) is 12.2. The molecule has 4 rings (SSSR count). The number of aromatic nitrogens is 2. The van der Waals surface area contributed by atoms with Gasteiger partial charge in [0.15, 0.2) is 0 Å². The van der Waals surface area contributed by atoms with Crippen LogP contribution in [0, 0.1) is 0 Å². The number of rotatable bonds is 2. The van der Waals surface area contributed by atoms with Crippen LogP contribution in [0.25, 0.3) is 21.7 Å². The minimum atomic E-state index is 0.155. The fourth-order valence-electron chi connectivity index (χ4n) is 2.66. The van der Waals surface area contributed by atoms with E-state index in [1.54, 1.807) is 0 Å². The third-order valence-corrected chi connectivity index (χ3v) is 5.13. The summed E-state index contributed by atoms with van der Waals surface area (Å²) in [5.74, 6) is 1.84. The van der Waals surface area contributed by atoms with Crippen molar-refractivity contribution in [3.05, 3.63) is 57.5 Å². The van der Waals surface area contributed by atoms with Gasteiger partial charge in [-0.25, -0.2) is 4.98 Å². The zero-order chi connectivity index (χ0) is 17.6. The van der Waals surface area contributed by atoms with E-state index in [-0.39, 0.29) is 5.95 Å². The molecule has 25 heavy (non-hydrogen) atoms. The molecule has 7 heteroatoms. The third kappa shape index (κ3) is 3.01. The monoisotopic (exact) mass is 458 g/mol. The van der Waals surface area contributed by atoms with Gasteiger partial charge in [-0.05, 0) is 63.1 Å². The first-order chi connectivity index (χ1) is 12.0. The number of nitrogens with zero attached hydrogens (tertiary/aromatic N) is 2. The highest BCUT2D eigenvalue weighted by Gasteiger charge is 2.10. The minimum absolute atomic E-state index is 0.155. The quantitative estimate of drug-likeness (QED) is 0.426. The molecule has 3 aromatic carbocycles. The second-order valence-electron chi connectivity index (χ2n) is 5.49. The van der Waals surface area contributed by atoms with Crippen LogP contribution in [0.4, 0.5) is 11.8 Å². The maximum Gasteiger partial charge on any atom is 0.222 e. The number of hydrogen-bond donors (Lipinski definition) is 2. The fraction of sp³-hybridized carbons (Fsp3) is 0. The smallest absolute Gasteiger partial charge is 0.222 e. The van der Waals surface area contributed by atoms with Crippen molar-refractivity contribution in [1.82, 2.24) is 9.97 Å². The normalized spacial score (nSPS) is 11.1. The van der Waals surface area contributed by atoms with Crippen LogP contribution in [-0.2, 0) is 0 Å². The van der Waals surface area contributed by atoms with E-state index in [9.17, 15) is 0 Å². The number of anilines is 2. The molecule has 1 heterocycles. The number of fused-ring (bicyclic) bond motifs is 2. The van der Waals surface area contributed by atoms with E-state index < -0.39 is 0 Å². The molecule has 1 aromatic heterocycles. The Morgan fingerprint density at radius 2 is 1.68 bits per heavy atom. The lowest BCUT2D eigenvalue weighted by Gasteiger charge is -2.11. The number of benzene rings is 3. The molecule has 0 fully saturated rings. The number of hydrogen-bond acceptors (Lipinski definition) is 5. The van der Waals surface area contributed by atoms with Gasteiger partial charge in [0.05, 0.1) is 9.99 Å². The molecule has 0 saturated heterocycles. The Labute approximate surface area is 160 Å². The molecule has 0 aliphatic rings. The summed E-state index contributed by atoms with van der Waals surface area (Å²) in [4.78, 5) is 8.16. The van der Waals surface area contributed by atoms with E-state index >= 15 is 0 Å². The van der Waals surface area contributed by atoms with Gasteiger partial charge < -0.3 is 16.2 Å². The molecule has 0 bridgehead atoms. The maximum atomic E-state index is 6.04. The zero-order valence-electron chi connectivity index (χ0n) is 12.8. The van der Waals surface area contributed by atoms with E-state index in [2.05, 4.69) is 47.9 Å². The zero-order valence-corrected chi connectivity index (χ0v) is 16.0. The van der Waals surface area contributed by atoms with E-state index in [0.717, 1.165) is 19.7 Å². The van der Waals surface area contributed by atoms with Gasteiger partial charge >= 0.3 is 0 Å². The third-order valence-electron chi connectivity index (χ3n) is 3.82. The Bertz CT molecular complexity index is 1130. The molecule has 0 aliphatic carbocycles.